The summed E-state index contributed by atoms with van der Waals surface area (Å²) in [6, 6.07) is 21.3. The molecular weight excluding hydrogens is 424 g/mol. The van der Waals surface area contributed by atoms with Gasteiger partial charge in [0.2, 0.25) is 5.78 Å². The number of nitrogens with one attached hydrogen (secondary N) is 1. The number of para-hydroxylation sites is 1. The number of aromatic nitrogens is 1. The van der Waals surface area contributed by atoms with Crippen LogP contribution in [-0.2, 0) is 6.42 Å². The van der Waals surface area contributed by atoms with E-state index in [1.54, 1.807) is 18.2 Å². The van der Waals surface area contributed by atoms with E-state index in [-0.39, 0.29) is 11.7 Å². The normalized spacial score (nSPS) is 11.7. The standard InChI is InChI=1S/C25H22N2O4S/c1-30-20-13-12-17(15-21(20)31-2)24(29)26-19(14-16-8-4-3-5-9-16)23(28)25-27-18-10-6-7-11-22(18)32-25/h3-13,15,19H,14H2,1-2H3,(H,26,29). The molecule has 7 heteroatoms. The van der Waals surface area contributed by atoms with Gasteiger partial charge >= 0.3 is 0 Å². The lowest BCUT2D eigenvalue weighted by Crippen LogP contribution is -2.42. The number of carbonyl (C=O) groups is 2. The van der Waals surface area contributed by atoms with Crippen LogP contribution in [0.4, 0.5) is 0 Å². The first-order valence-electron chi connectivity index (χ1n) is 10.1. The fourth-order valence-corrected chi connectivity index (χ4v) is 4.36. The van der Waals surface area contributed by atoms with Gasteiger partial charge in [0.15, 0.2) is 16.5 Å². The molecule has 3 aromatic carbocycles. The fourth-order valence-electron chi connectivity index (χ4n) is 3.40. The highest BCUT2D eigenvalue weighted by molar-refractivity contribution is 7.20. The number of nitrogens with zero attached hydrogens (tertiary/aromatic N) is 1. The maximum absolute atomic E-state index is 13.4. The molecule has 0 saturated heterocycles. The second-order valence-corrected chi connectivity index (χ2v) is 8.17. The first-order chi connectivity index (χ1) is 15.6. The number of methoxy groups -OCH3 is 2. The molecule has 0 aliphatic rings. The van der Waals surface area contributed by atoms with Crippen LogP contribution in [-0.4, -0.2) is 36.9 Å². The quantitative estimate of drug-likeness (QED) is 0.402. The van der Waals surface area contributed by atoms with Crippen molar-refractivity contribution in [1.82, 2.24) is 10.3 Å². The highest BCUT2D eigenvalue weighted by Crippen LogP contribution is 2.28. The molecule has 0 fully saturated rings. The molecule has 0 aliphatic carbocycles. The van der Waals surface area contributed by atoms with Crippen molar-refractivity contribution in [3.05, 3.63) is 88.9 Å². The van der Waals surface area contributed by atoms with E-state index in [9.17, 15) is 9.59 Å². The van der Waals surface area contributed by atoms with Crippen molar-refractivity contribution < 1.29 is 19.1 Å². The van der Waals surface area contributed by atoms with Gasteiger partial charge in [-0.2, -0.15) is 0 Å². The Kier molecular flexibility index (Phi) is 6.47. The van der Waals surface area contributed by atoms with Gasteiger partial charge in [0.05, 0.1) is 30.5 Å². The van der Waals surface area contributed by atoms with Crippen LogP contribution in [0.15, 0.2) is 72.8 Å². The van der Waals surface area contributed by atoms with E-state index < -0.39 is 6.04 Å². The van der Waals surface area contributed by atoms with Crippen molar-refractivity contribution in [3.8, 4) is 11.5 Å². The summed E-state index contributed by atoms with van der Waals surface area (Å²) in [4.78, 5) is 30.9. The molecule has 0 spiro atoms. The van der Waals surface area contributed by atoms with Crippen LogP contribution in [0.25, 0.3) is 10.2 Å². The Morgan fingerprint density at radius 1 is 0.938 bits per heavy atom. The summed E-state index contributed by atoms with van der Waals surface area (Å²) in [5.41, 5.74) is 2.09. The van der Waals surface area contributed by atoms with Crippen molar-refractivity contribution in [2.45, 2.75) is 12.5 Å². The third kappa shape index (κ3) is 4.63. The number of Topliss-reactive ketones (excluding diaryl/α,β-unsaturated/α-hetero) is 1. The molecule has 0 aliphatic heterocycles. The number of hydrogen-bond acceptors (Lipinski definition) is 6. The zero-order valence-electron chi connectivity index (χ0n) is 17.7. The number of thiazole rings is 1. The minimum atomic E-state index is -0.765. The van der Waals surface area contributed by atoms with E-state index in [1.165, 1.54) is 25.6 Å². The molecule has 1 amide bonds. The van der Waals surface area contributed by atoms with Crippen molar-refractivity contribution in [2.75, 3.05) is 14.2 Å². The molecule has 0 bridgehead atoms. The van der Waals surface area contributed by atoms with Gasteiger partial charge in [-0.15, -0.1) is 11.3 Å². The van der Waals surface area contributed by atoms with E-state index in [4.69, 9.17) is 9.47 Å². The molecule has 32 heavy (non-hydrogen) atoms. The van der Waals surface area contributed by atoms with Crippen LogP contribution in [0.2, 0.25) is 0 Å². The Bertz CT molecular complexity index is 1220. The Hall–Kier alpha value is -3.71. The lowest BCUT2D eigenvalue weighted by molar-refractivity contribution is 0.0857. The zero-order chi connectivity index (χ0) is 22.5. The van der Waals surface area contributed by atoms with Gasteiger partial charge in [0, 0.05) is 12.0 Å². The van der Waals surface area contributed by atoms with Gasteiger partial charge in [0.25, 0.3) is 5.91 Å². The number of ketones is 1. The van der Waals surface area contributed by atoms with Crippen molar-refractivity contribution >= 4 is 33.2 Å². The molecule has 0 saturated carbocycles. The van der Waals surface area contributed by atoms with Gasteiger partial charge in [0.1, 0.15) is 0 Å². The highest BCUT2D eigenvalue weighted by atomic mass is 32.1. The SMILES string of the molecule is COc1ccc(C(=O)NC(Cc2ccccc2)C(=O)c2nc3ccccc3s2)cc1OC. The third-order valence-electron chi connectivity index (χ3n) is 5.05. The van der Waals surface area contributed by atoms with E-state index in [0.29, 0.717) is 28.5 Å². The van der Waals surface area contributed by atoms with Crippen molar-refractivity contribution in [2.24, 2.45) is 0 Å². The lowest BCUT2D eigenvalue weighted by Gasteiger charge is -2.17. The topological polar surface area (TPSA) is 77.5 Å². The van der Waals surface area contributed by atoms with Gasteiger partial charge < -0.3 is 14.8 Å². The maximum atomic E-state index is 13.4. The Balaban J connectivity index is 1.63. The van der Waals surface area contributed by atoms with E-state index in [2.05, 4.69) is 10.3 Å². The molecule has 4 rings (SSSR count). The Morgan fingerprint density at radius 2 is 1.66 bits per heavy atom. The predicted molar refractivity (Wildman–Crippen MR) is 125 cm³/mol. The first-order valence-corrected chi connectivity index (χ1v) is 10.9. The van der Waals surface area contributed by atoms with E-state index >= 15 is 0 Å². The average Bonchev–Trinajstić information content (AvgIpc) is 3.27. The second kappa shape index (κ2) is 9.62. The number of rotatable bonds is 8. The zero-order valence-corrected chi connectivity index (χ0v) is 18.5. The second-order valence-electron chi connectivity index (χ2n) is 7.14. The van der Waals surface area contributed by atoms with Gasteiger partial charge in [-0.1, -0.05) is 42.5 Å². The fraction of sp³-hybridized carbons (Fsp3) is 0.160. The largest absolute Gasteiger partial charge is 0.493 e. The number of ether oxygens (including phenoxy) is 2. The van der Waals surface area contributed by atoms with Crippen LogP contribution < -0.4 is 14.8 Å². The van der Waals surface area contributed by atoms with Crippen LogP contribution >= 0.6 is 11.3 Å². The number of hydrogen-bond donors (Lipinski definition) is 1. The first kappa shape index (κ1) is 21.5. The minimum absolute atomic E-state index is 0.219. The number of benzene rings is 3. The molecular formula is C25H22N2O4S. The monoisotopic (exact) mass is 446 g/mol. The molecule has 4 aromatic rings. The maximum Gasteiger partial charge on any atom is 0.252 e. The minimum Gasteiger partial charge on any atom is -0.493 e. The summed E-state index contributed by atoms with van der Waals surface area (Å²) >= 11 is 1.33. The molecule has 6 nitrogen and oxygen atoms in total. The van der Waals surface area contributed by atoms with E-state index in [1.807, 2.05) is 54.6 Å². The third-order valence-corrected chi connectivity index (χ3v) is 6.11. The molecule has 1 N–H and O–H groups in total. The van der Waals surface area contributed by atoms with Crippen LogP contribution in [0, 0.1) is 0 Å². The summed E-state index contributed by atoms with van der Waals surface area (Å²) in [7, 11) is 3.04. The van der Waals surface area contributed by atoms with Crippen LogP contribution in [0.5, 0.6) is 11.5 Å². The summed E-state index contributed by atoms with van der Waals surface area (Å²) in [6.07, 6.45) is 0.356. The summed E-state index contributed by atoms with van der Waals surface area (Å²) in [6.45, 7) is 0. The molecule has 1 aromatic heterocycles. The molecule has 0 radical (unpaired) electrons. The van der Waals surface area contributed by atoms with Crippen molar-refractivity contribution in [3.63, 3.8) is 0 Å². The lowest BCUT2D eigenvalue weighted by atomic mass is 10.0. The summed E-state index contributed by atoms with van der Waals surface area (Å²) < 4.78 is 11.5. The molecule has 1 unspecified atom stereocenters. The molecule has 1 atom stereocenters. The Morgan fingerprint density at radius 3 is 2.38 bits per heavy atom. The molecule has 162 valence electrons. The Labute approximate surface area is 189 Å². The molecule has 1 heterocycles. The van der Waals surface area contributed by atoms with Gasteiger partial charge in [-0.25, -0.2) is 4.98 Å². The van der Waals surface area contributed by atoms with Crippen LogP contribution in [0.3, 0.4) is 0 Å². The number of fused-ring (bicyclic) bond motifs is 1. The number of amides is 1. The smallest absolute Gasteiger partial charge is 0.252 e. The van der Waals surface area contributed by atoms with Crippen molar-refractivity contribution in [1.29, 1.82) is 0 Å². The van der Waals surface area contributed by atoms with Crippen LogP contribution in [0.1, 0.15) is 25.7 Å². The highest BCUT2D eigenvalue weighted by Gasteiger charge is 2.26. The van der Waals surface area contributed by atoms with Gasteiger partial charge in [-0.3, -0.25) is 9.59 Å². The summed E-state index contributed by atoms with van der Waals surface area (Å²) in [5, 5.41) is 3.27. The average molecular weight is 447 g/mol. The predicted octanol–water partition coefficient (Wildman–Crippen LogP) is 4.54. The number of carbonyl (C=O) groups excluding carboxylic acids is 2. The van der Waals surface area contributed by atoms with E-state index in [0.717, 1.165) is 15.8 Å². The summed E-state index contributed by atoms with van der Waals surface area (Å²) in [5.74, 6) is 0.373. The van der Waals surface area contributed by atoms with Gasteiger partial charge in [-0.05, 0) is 35.9 Å².